The topological polar surface area (TPSA) is 58.2 Å². The maximum atomic E-state index is 12.8. The third-order valence-corrected chi connectivity index (χ3v) is 5.17. The molecule has 2 amide bonds. The zero-order chi connectivity index (χ0) is 18.1. The molecule has 7 heteroatoms. The van der Waals surface area contributed by atoms with E-state index in [1.54, 1.807) is 12.1 Å². The Kier molecular flexibility index (Phi) is 7.81. The fourth-order valence-electron chi connectivity index (χ4n) is 1.81. The number of benzene rings is 2. The van der Waals surface area contributed by atoms with Crippen molar-refractivity contribution in [1.82, 2.24) is 10.9 Å². The van der Waals surface area contributed by atoms with Gasteiger partial charge in [0.25, 0.3) is 0 Å². The molecule has 2 aromatic carbocycles. The molecule has 0 aliphatic carbocycles. The van der Waals surface area contributed by atoms with Crippen LogP contribution in [0.25, 0.3) is 0 Å². The monoisotopic (exact) mass is 378 g/mol. The number of thioether (sulfide) groups is 2. The molecule has 0 radical (unpaired) electrons. The van der Waals surface area contributed by atoms with E-state index in [0.717, 1.165) is 9.79 Å². The van der Waals surface area contributed by atoms with Crippen LogP contribution in [0.1, 0.15) is 12.0 Å². The average molecular weight is 378 g/mol. The molecule has 0 saturated heterocycles. The second-order valence-electron chi connectivity index (χ2n) is 5.25. The third-order valence-electron chi connectivity index (χ3n) is 3.14. The van der Waals surface area contributed by atoms with Crippen molar-refractivity contribution in [2.24, 2.45) is 0 Å². The van der Waals surface area contributed by atoms with Gasteiger partial charge in [0, 0.05) is 22.0 Å². The van der Waals surface area contributed by atoms with Crippen molar-refractivity contribution in [1.29, 1.82) is 0 Å². The van der Waals surface area contributed by atoms with Gasteiger partial charge in [-0.25, -0.2) is 4.39 Å². The number of hydrogen-bond donors (Lipinski definition) is 2. The van der Waals surface area contributed by atoms with E-state index in [0.29, 0.717) is 5.75 Å². The van der Waals surface area contributed by atoms with Gasteiger partial charge in [0.05, 0.1) is 5.75 Å². The average Bonchev–Trinajstić information content (AvgIpc) is 2.61. The highest BCUT2D eigenvalue weighted by atomic mass is 32.2. The van der Waals surface area contributed by atoms with E-state index >= 15 is 0 Å². The largest absolute Gasteiger partial charge is 0.273 e. The van der Waals surface area contributed by atoms with Crippen LogP contribution in [-0.2, 0) is 9.59 Å². The predicted molar refractivity (Wildman–Crippen MR) is 99.9 cm³/mol. The lowest BCUT2D eigenvalue weighted by Gasteiger charge is -2.07. The molecule has 0 aromatic heterocycles. The van der Waals surface area contributed by atoms with Gasteiger partial charge in [-0.1, -0.05) is 17.7 Å². The first-order valence-electron chi connectivity index (χ1n) is 7.68. The van der Waals surface area contributed by atoms with Crippen molar-refractivity contribution >= 4 is 35.3 Å². The molecule has 132 valence electrons. The number of carbonyl (C=O) groups excluding carboxylic acids is 2. The van der Waals surface area contributed by atoms with Gasteiger partial charge in [-0.15, -0.1) is 23.5 Å². The van der Waals surface area contributed by atoms with Gasteiger partial charge in [-0.05, 0) is 43.3 Å². The standard InChI is InChI=1S/C18H19FN2O2S2/c1-13-2-6-16(7-3-13)25-12-18(23)21-20-17(22)10-11-24-15-8-4-14(19)5-9-15/h2-9H,10-12H2,1H3,(H,20,22)(H,21,23). The molecule has 25 heavy (non-hydrogen) atoms. The smallest absolute Gasteiger partial charge is 0.248 e. The van der Waals surface area contributed by atoms with Crippen molar-refractivity contribution in [3.05, 3.63) is 59.9 Å². The van der Waals surface area contributed by atoms with Crippen LogP contribution in [0.2, 0.25) is 0 Å². The van der Waals surface area contributed by atoms with Gasteiger partial charge in [0.15, 0.2) is 0 Å². The number of carbonyl (C=O) groups is 2. The maximum Gasteiger partial charge on any atom is 0.248 e. The summed E-state index contributed by atoms with van der Waals surface area (Å²) in [6.45, 7) is 2.01. The summed E-state index contributed by atoms with van der Waals surface area (Å²) >= 11 is 2.86. The molecule has 0 aliphatic rings. The fraction of sp³-hybridized carbons (Fsp3) is 0.222. The molecule has 0 fully saturated rings. The third kappa shape index (κ3) is 7.62. The van der Waals surface area contributed by atoms with E-state index in [-0.39, 0.29) is 29.8 Å². The molecule has 0 saturated carbocycles. The summed E-state index contributed by atoms with van der Waals surface area (Å²) < 4.78 is 12.8. The van der Waals surface area contributed by atoms with E-state index in [1.807, 2.05) is 31.2 Å². The van der Waals surface area contributed by atoms with Crippen molar-refractivity contribution in [2.75, 3.05) is 11.5 Å². The minimum atomic E-state index is -0.284. The Labute approximate surface area is 154 Å². The van der Waals surface area contributed by atoms with Crippen LogP contribution in [0.3, 0.4) is 0 Å². The summed E-state index contributed by atoms with van der Waals surface area (Å²) in [5.74, 6) is -0.0271. The van der Waals surface area contributed by atoms with E-state index < -0.39 is 0 Å². The lowest BCUT2D eigenvalue weighted by atomic mass is 10.2. The number of nitrogens with one attached hydrogen (secondary N) is 2. The summed E-state index contributed by atoms with van der Waals surface area (Å²) in [7, 11) is 0. The zero-order valence-corrected chi connectivity index (χ0v) is 15.4. The second kappa shape index (κ2) is 10.1. The van der Waals surface area contributed by atoms with Crippen molar-refractivity contribution in [3.63, 3.8) is 0 Å². The molecule has 0 aliphatic heterocycles. The molecule has 4 nitrogen and oxygen atoms in total. The number of amides is 2. The molecule has 2 N–H and O–H groups in total. The van der Waals surface area contributed by atoms with Gasteiger partial charge in [0.1, 0.15) is 5.82 Å². The van der Waals surface area contributed by atoms with E-state index in [4.69, 9.17) is 0 Å². The molecule has 0 spiro atoms. The Balaban J connectivity index is 1.59. The van der Waals surface area contributed by atoms with Crippen LogP contribution in [0.5, 0.6) is 0 Å². The number of hydrazine groups is 1. The number of rotatable bonds is 7. The highest BCUT2D eigenvalue weighted by molar-refractivity contribution is 8.00. The summed E-state index contributed by atoms with van der Waals surface area (Å²) in [5.41, 5.74) is 5.97. The molecule has 0 heterocycles. The van der Waals surface area contributed by atoms with Gasteiger partial charge in [-0.3, -0.25) is 20.4 Å². The normalized spacial score (nSPS) is 10.3. The minimum absolute atomic E-state index is 0.230. The van der Waals surface area contributed by atoms with Crippen LogP contribution in [-0.4, -0.2) is 23.3 Å². The highest BCUT2D eigenvalue weighted by Gasteiger charge is 2.06. The first-order valence-corrected chi connectivity index (χ1v) is 9.65. The summed E-state index contributed by atoms with van der Waals surface area (Å²) in [6.07, 6.45) is 0.257. The Bertz CT molecular complexity index is 706. The van der Waals surface area contributed by atoms with Crippen LogP contribution in [0, 0.1) is 12.7 Å². The molecular weight excluding hydrogens is 359 g/mol. The fourth-order valence-corrected chi connectivity index (χ4v) is 3.36. The highest BCUT2D eigenvalue weighted by Crippen LogP contribution is 2.19. The van der Waals surface area contributed by atoms with Crippen LogP contribution in [0.15, 0.2) is 58.3 Å². The number of halogens is 1. The summed E-state index contributed by atoms with van der Waals surface area (Å²) in [6, 6.07) is 14.0. The molecule has 2 rings (SSSR count). The number of hydrogen-bond acceptors (Lipinski definition) is 4. The first kappa shape index (κ1) is 19.3. The second-order valence-corrected chi connectivity index (χ2v) is 7.47. The van der Waals surface area contributed by atoms with Crippen molar-refractivity contribution < 1.29 is 14.0 Å². The van der Waals surface area contributed by atoms with E-state index in [1.165, 1.54) is 41.2 Å². The molecule has 0 bridgehead atoms. The zero-order valence-electron chi connectivity index (χ0n) is 13.8. The summed E-state index contributed by atoms with van der Waals surface area (Å²) in [4.78, 5) is 25.3. The van der Waals surface area contributed by atoms with Gasteiger partial charge >= 0.3 is 0 Å². The maximum absolute atomic E-state index is 12.8. The Morgan fingerprint density at radius 3 is 2.12 bits per heavy atom. The van der Waals surface area contributed by atoms with Crippen molar-refractivity contribution in [2.45, 2.75) is 23.1 Å². The lowest BCUT2D eigenvalue weighted by molar-refractivity contribution is -0.127. The van der Waals surface area contributed by atoms with E-state index in [2.05, 4.69) is 10.9 Å². The summed E-state index contributed by atoms with van der Waals surface area (Å²) in [5, 5.41) is 0. The SMILES string of the molecule is Cc1ccc(SCC(=O)NNC(=O)CCSc2ccc(F)cc2)cc1. The minimum Gasteiger partial charge on any atom is -0.273 e. The lowest BCUT2D eigenvalue weighted by Crippen LogP contribution is -2.42. The Morgan fingerprint density at radius 1 is 0.880 bits per heavy atom. The van der Waals surface area contributed by atoms with Gasteiger partial charge in [-0.2, -0.15) is 0 Å². The van der Waals surface area contributed by atoms with Crippen LogP contribution >= 0.6 is 23.5 Å². The predicted octanol–water partition coefficient (Wildman–Crippen LogP) is 3.56. The molecule has 0 atom stereocenters. The molecule has 2 aromatic rings. The van der Waals surface area contributed by atoms with Crippen LogP contribution < -0.4 is 10.9 Å². The van der Waals surface area contributed by atoms with Crippen LogP contribution in [0.4, 0.5) is 4.39 Å². The molecular formula is C18H19FN2O2S2. The van der Waals surface area contributed by atoms with Crippen molar-refractivity contribution in [3.8, 4) is 0 Å². The number of aryl methyl sites for hydroxylation is 1. The quantitative estimate of drug-likeness (QED) is 0.571. The first-order chi connectivity index (χ1) is 12.0. The van der Waals surface area contributed by atoms with Gasteiger partial charge < -0.3 is 0 Å². The van der Waals surface area contributed by atoms with E-state index in [9.17, 15) is 14.0 Å². The Hall–Kier alpha value is -1.99. The Morgan fingerprint density at radius 2 is 1.44 bits per heavy atom. The van der Waals surface area contributed by atoms with Gasteiger partial charge in [0.2, 0.25) is 11.8 Å². The molecule has 0 unspecified atom stereocenters.